The van der Waals surface area contributed by atoms with Gasteiger partial charge in [-0.25, -0.2) is 9.07 Å². The number of aliphatic carboxylic acids is 1. The van der Waals surface area contributed by atoms with Crippen LogP contribution in [0.25, 0.3) is 5.69 Å². The molecule has 0 saturated heterocycles. The van der Waals surface area contributed by atoms with Gasteiger partial charge in [-0.15, -0.1) is 0 Å². The number of amides is 1. The summed E-state index contributed by atoms with van der Waals surface area (Å²) in [4.78, 5) is 24.9. The summed E-state index contributed by atoms with van der Waals surface area (Å²) in [5.74, 6) is -1.92. The minimum Gasteiger partial charge on any atom is -0.481 e. The van der Waals surface area contributed by atoms with Crippen LogP contribution < -0.4 is 10.1 Å². The summed E-state index contributed by atoms with van der Waals surface area (Å²) < 4.78 is 20.8. The van der Waals surface area contributed by atoms with Crippen LogP contribution in [0, 0.1) is 25.1 Å². The quantitative estimate of drug-likeness (QED) is 0.382. The zero-order chi connectivity index (χ0) is 27.5. The lowest BCUT2D eigenvalue weighted by Crippen LogP contribution is -2.45. The van der Waals surface area contributed by atoms with Crippen LogP contribution in [-0.4, -0.2) is 44.1 Å². The summed E-state index contributed by atoms with van der Waals surface area (Å²) in [6.45, 7) is 11.0. The normalized spacial score (nSPS) is 14.1. The van der Waals surface area contributed by atoms with Crippen molar-refractivity contribution < 1.29 is 28.9 Å². The van der Waals surface area contributed by atoms with Gasteiger partial charge < -0.3 is 20.3 Å². The van der Waals surface area contributed by atoms with Gasteiger partial charge in [0.15, 0.2) is 5.69 Å². The van der Waals surface area contributed by atoms with Crippen molar-refractivity contribution in [1.82, 2.24) is 15.1 Å². The van der Waals surface area contributed by atoms with Crippen LogP contribution >= 0.6 is 0 Å². The maximum absolute atomic E-state index is 13.5. The minimum absolute atomic E-state index is 0.0181. The zero-order valence-corrected chi connectivity index (χ0v) is 22.0. The molecule has 0 aliphatic rings. The van der Waals surface area contributed by atoms with E-state index in [9.17, 15) is 24.2 Å². The van der Waals surface area contributed by atoms with Crippen molar-refractivity contribution in [2.24, 2.45) is 5.41 Å². The Hall–Kier alpha value is -3.72. The molecule has 3 aromatic rings. The van der Waals surface area contributed by atoms with E-state index >= 15 is 0 Å². The fourth-order valence-electron chi connectivity index (χ4n) is 3.57. The zero-order valence-electron chi connectivity index (χ0n) is 22.0. The number of nitrogens with zero attached hydrogens (tertiary/aromatic N) is 2. The number of aromatic nitrogens is 2. The summed E-state index contributed by atoms with van der Waals surface area (Å²) >= 11 is 0. The highest BCUT2D eigenvalue weighted by Crippen LogP contribution is 2.31. The molecule has 198 valence electrons. The van der Waals surface area contributed by atoms with E-state index in [1.54, 1.807) is 13.0 Å². The second-order valence-electron chi connectivity index (χ2n) is 10.5. The van der Waals surface area contributed by atoms with Crippen LogP contribution in [0.5, 0.6) is 5.88 Å². The molecule has 3 N–H and O–H groups in total. The third-order valence-electron chi connectivity index (χ3n) is 6.80. The Morgan fingerprint density at radius 3 is 2.35 bits per heavy atom. The van der Waals surface area contributed by atoms with Gasteiger partial charge in [0.1, 0.15) is 18.0 Å². The van der Waals surface area contributed by atoms with Crippen LogP contribution in [0.3, 0.4) is 0 Å². The molecule has 0 unspecified atom stereocenters. The lowest BCUT2D eigenvalue weighted by molar-refractivity contribution is -0.137. The van der Waals surface area contributed by atoms with E-state index in [0.717, 1.165) is 11.1 Å². The van der Waals surface area contributed by atoms with Crippen molar-refractivity contribution in [2.75, 3.05) is 6.61 Å². The van der Waals surface area contributed by atoms with Crippen molar-refractivity contribution in [2.45, 2.75) is 59.6 Å². The molecule has 1 amide bonds. The number of carbonyl (C=O) groups excluding carboxylic acids is 1. The largest absolute Gasteiger partial charge is 0.481 e. The molecule has 0 saturated carbocycles. The van der Waals surface area contributed by atoms with Gasteiger partial charge in [-0.1, -0.05) is 39.0 Å². The predicted octanol–water partition coefficient (Wildman–Crippen LogP) is 4.75. The van der Waals surface area contributed by atoms with Crippen molar-refractivity contribution in [3.05, 3.63) is 76.7 Å². The molecule has 2 atom stereocenters. The highest BCUT2D eigenvalue weighted by Gasteiger charge is 2.36. The molecule has 0 bridgehead atoms. The van der Waals surface area contributed by atoms with E-state index in [-0.39, 0.29) is 24.6 Å². The van der Waals surface area contributed by atoms with Gasteiger partial charge in [-0.3, -0.25) is 9.59 Å². The fourth-order valence-corrected chi connectivity index (χ4v) is 3.57. The van der Waals surface area contributed by atoms with Crippen LogP contribution in [0.4, 0.5) is 4.39 Å². The van der Waals surface area contributed by atoms with Crippen molar-refractivity contribution >= 4 is 11.9 Å². The lowest BCUT2D eigenvalue weighted by Gasteiger charge is -2.36. The molecule has 0 aliphatic heterocycles. The molecule has 0 spiro atoms. The molecule has 3 rings (SSSR count). The molecule has 9 heteroatoms. The monoisotopic (exact) mass is 511 g/mol. The average molecular weight is 512 g/mol. The van der Waals surface area contributed by atoms with E-state index in [1.807, 2.05) is 46.8 Å². The summed E-state index contributed by atoms with van der Waals surface area (Å²) in [5, 5.41) is 27.5. The van der Waals surface area contributed by atoms with E-state index in [0.29, 0.717) is 11.3 Å². The van der Waals surface area contributed by atoms with Gasteiger partial charge in [-0.2, -0.15) is 5.10 Å². The topological polar surface area (TPSA) is 114 Å². The maximum atomic E-state index is 13.5. The fraction of sp³-hybridized carbons (Fsp3) is 0.393. The Balaban J connectivity index is 1.96. The number of rotatable bonds is 9. The first-order valence-electron chi connectivity index (χ1n) is 12.0. The third kappa shape index (κ3) is 6.54. The van der Waals surface area contributed by atoms with Gasteiger partial charge in [0.25, 0.3) is 5.91 Å². The Kier molecular flexibility index (Phi) is 8.07. The number of hydrogen-bond donors (Lipinski definition) is 3. The van der Waals surface area contributed by atoms with Gasteiger partial charge in [0.05, 0.1) is 18.2 Å². The van der Waals surface area contributed by atoms with Crippen molar-refractivity contribution in [1.29, 1.82) is 0 Å². The number of carboxylic acid groups (broad SMARTS) is 1. The SMILES string of the molecule is Cc1cccc([C@H](CC(=O)O)NC(=O)c2cc(OC[C@](C)(O)C(C)(C)C)n(-c3ccc(F)cc3)n2)c1C. The molecule has 0 radical (unpaired) electrons. The number of carbonyl (C=O) groups is 2. The van der Waals surface area contributed by atoms with E-state index in [2.05, 4.69) is 10.4 Å². The van der Waals surface area contributed by atoms with Crippen molar-refractivity contribution in [3.63, 3.8) is 0 Å². The number of nitrogens with one attached hydrogen (secondary N) is 1. The number of aliphatic hydroxyl groups is 1. The van der Waals surface area contributed by atoms with Gasteiger partial charge in [-0.05, 0) is 67.1 Å². The number of benzene rings is 2. The Bertz CT molecular complexity index is 1280. The smallest absolute Gasteiger partial charge is 0.305 e. The average Bonchev–Trinajstić information content (AvgIpc) is 3.23. The van der Waals surface area contributed by atoms with Gasteiger partial charge in [0, 0.05) is 6.07 Å². The number of halogens is 1. The van der Waals surface area contributed by atoms with Gasteiger partial charge in [0.2, 0.25) is 5.88 Å². The second kappa shape index (κ2) is 10.7. The molecule has 8 nitrogen and oxygen atoms in total. The second-order valence-corrected chi connectivity index (χ2v) is 10.5. The minimum atomic E-state index is -1.21. The number of carboxylic acids is 1. The Labute approximate surface area is 216 Å². The van der Waals surface area contributed by atoms with Crippen LogP contribution in [0.2, 0.25) is 0 Å². The van der Waals surface area contributed by atoms with Crippen LogP contribution in [0.1, 0.15) is 67.3 Å². The van der Waals surface area contributed by atoms with E-state index in [4.69, 9.17) is 4.74 Å². The first-order chi connectivity index (χ1) is 17.2. The summed E-state index contributed by atoms with van der Waals surface area (Å²) in [6, 6.07) is 11.6. The molecule has 1 aromatic heterocycles. The van der Waals surface area contributed by atoms with Crippen LogP contribution in [0.15, 0.2) is 48.5 Å². The molecule has 1 heterocycles. The highest BCUT2D eigenvalue weighted by molar-refractivity contribution is 5.93. The summed E-state index contributed by atoms with van der Waals surface area (Å²) in [5.41, 5.74) is 1.29. The highest BCUT2D eigenvalue weighted by atomic mass is 19.1. The summed E-state index contributed by atoms with van der Waals surface area (Å²) in [6.07, 6.45) is -0.313. The molecule has 0 aliphatic carbocycles. The molecular weight excluding hydrogens is 477 g/mol. The van der Waals surface area contributed by atoms with E-state index in [1.165, 1.54) is 35.0 Å². The first-order valence-corrected chi connectivity index (χ1v) is 12.0. The lowest BCUT2D eigenvalue weighted by atomic mass is 9.78. The molecule has 0 fully saturated rings. The van der Waals surface area contributed by atoms with Crippen molar-refractivity contribution in [3.8, 4) is 11.6 Å². The molecule has 37 heavy (non-hydrogen) atoms. The maximum Gasteiger partial charge on any atom is 0.305 e. The number of aryl methyl sites for hydroxylation is 1. The third-order valence-corrected chi connectivity index (χ3v) is 6.80. The molecular formula is C28H34FN3O5. The summed E-state index contributed by atoms with van der Waals surface area (Å²) in [7, 11) is 0. The predicted molar refractivity (Wildman–Crippen MR) is 137 cm³/mol. The van der Waals surface area contributed by atoms with Gasteiger partial charge >= 0.3 is 5.97 Å². The Morgan fingerprint density at radius 1 is 1.11 bits per heavy atom. The number of hydrogen-bond acceptors (Lipinski definition) is 5. The number of ether oxygens (including phenoxy) is 1. The standard InChI is InChI=1S/C28H34FN3O5/c1-17-8-7-9-21(18(17)2)22(15-25(33)34)30-26(35)23-14-24(37-16-28(6,36)27(3,4)5)32(31-23)20-12-10-19(29)11-13-20/h7-14,22,36H,15-16H2,1-6H3,(H,30,35)(H,33,34)/t22-,28-/m0/s1. The Morgan fingerprint density at radius 2 is 1.76 bits per heavy atom. The van der Waals surface area contributed by atoms with E-state index < -0.39 is 34.8 Å². The first kappa shape index (κ1) is 27.9. The van der Waals surface area contributed by atoms with Crippen LogP contribution in [-0.2, 0) is 4.79 Å². The molecule has 2 aromatic carbocycles.